The largest absolute Gasteiger partial charge is 0.481 e. The number of carbonyl (C=O) groups is 3. The summed E-state index contributed by atoms with van der Waals surface area (Å²) in [7, 11) is 0. The van der Waals surface area contributed by atoms with Gasteiger partial charge >= 0.3 is 5.97 Å². The molecule has 0 spiro atoms. The van der Waals surface area contributed by atoms with Gasteiger partial charge in [0.05, 0.1) is 29.5 Å². The first-order valence-corrected chi connectivity index (χ1v) is 12.7. The number of fused-ring (bicyclic) bond motifs is 1. The van der Waals surface area contributed by atoms with E-state index in [4.69, 9.17) is 11.5 Å². The maximum Gasteiger partial charge on any atom is 0.308 e. The summed E-state index contributed by atoms with van der Waals surface area (Å²) >= 11 is 0. The molecule has 0 heterocycles. The molecule has 1 fully saturated rings. The molecule has 1 aromatic rings. The summed E-state index contributed by atoms with van der Waals surface area (Å²) < 4.78 is 0. The van der Waals surface area contributed by atoms with Gasteiger partial charge in [-0.2, -0.15) is 0 Å². The number of carboxylic acids is 1. The molecule has 3 rings (SSSR count). The minimum Gasteiger partial charge on any atom is -0.481 e. The molecule has 1 aromatic carbocycles. The zero-order valence-corrected chi connectivity index (χ0v) is 20.4. The molecule has 0 aromatic heterocycles. The Morgan fingerprint density at radius 2 is 1.69 bits per heavy atom. The molecule has 9 nitrogen and oxygen atoms in total. The highest BCUT2D eigenvalue weighted by atomic mass is 16.4. The van der Waals surface area contributed by atoms with E-state index in [0.717, 1.165) is 36.8 Å². The van der Waals surface area contributed by atoms with Crippen LogP contribution in [0.2, 0.25) is 0 Å². The summed E-state index contributed by atoms with van der Waals surface area (Å²) in [6.07, 6.45) is 6.06. The molecule has 35 heavy (non-hydrogen) atoms. The molecule has 2 amide bonds. The third kappa shape index (κ3) is 6.59. The van der Waals surface area contributed by atoms with Gasteiger partial charge in [0.2, 0.25) is 11.8 Å². The lowest BCUT2D eigenvalue weighted by Gasteiger charge is -2.36. The molecule has 9 heteroatoms. The Kier molecular flexibility index (Phi) is 9.27. The van der Waals surface area contributed by atoms with Gasteiger partial charge in [-0.1, -0.05) is 43.5 Å². The first-order valence-electron chi connectivity index (χ1n) is 12.7. The van der Waals surface area contributed by atoms with E-state index in [1.54, 1.807) is 0 Å². The fourth-order valence-corrected chi connectivity index (χ4v) is 5.60. The highest BCUT2D eigenvalue weighted by Crippen LogP contribution is 2.44. The van der Waals surface area contributed by atoms with Crippen molar-refractivity contribution in [2.75, 3.05) is 19.7 Å². The number of unbranched alkanes of at least 4 members (excludes halogenated alkanes) is 1. The van der Waals surface area contributed by atoms with Crippen molar-refractivity contribution in [2.24, 2.45) is 22.8 Å². The molecule has 2 aliphatic rings. The van der Waals surface area contributed by atoms with Crippen LogP contribution in [0.15, 0.2) is 24.3 Å². The minimum absolute atomic E-state index is 0.0790. The van der Waals surface area contributed by atoms with E-state index in [2.05, 4.69) is 10.6 Å². The maximum absolute atomic E-state index is 13.7. The second-order valence-electron chi connectivity index (χ2n) is 10.4. The van der Waals surface area contributed by atoms with Crippen molar-refractivity contribution in [3.05, 3.63) is 35.4 Å². The monoisotopic (exact) mass is 488 g/mol. The van der Waals surface area contributed by atoms with Gasteiger partial charge in [-0.25, -0.2) is 0 Å². The van der Waals surface area contributed by atoms with Gasteiger partial charge in [0.25, 0.3) is 0 Å². The topological polar surface area (TPSA) is 168 Å². The molecule has 2 atom stereocenters. The molecule has 0 saturated heterocycles. The molecule has 194 valence electrons. The first kappa shape index (κ1) is 27.1. The van der Waals surface area contributed by atoms with Crippen LogP contribution in [0.1, 0.15) is 62.5 Å². The molecular formula is C26H40N4O5. The summed E-state index contributed by atoms with van der Waals surface area (Å²) in [4.78, 5) is 38.1. The van der Waals surface area contributed by atoms with Crippen LogP contribution in [0, 0.1) is 11.3 Å². The average molecular weight is 489 g/mol. The van der Waals surface area contributed by atoms with Crippen LogP contribution in [0.4, 0.5) is 0 Å². The first-order chi connectivity index (χ1) is 16.7. The Hall–Kier alpha value is -2.49. The molecule has 1 unspecified atom stereocenters. The number of aliphatic hydroxyl groups is 1. The number of carboxylic acid groups (broad SMARTS) is 1. The number of benzene rings is 1. The van der Waals surface area contributed by atoms with E-state index in [-0.39, 0.29) is 31.4 Å². The molecule has 0 radical (unpaired) electrons. The van der Waals surface area contributed by atoms with Crippen molar-refractivity contribution < 1.29 is 24.6 Å². The predicted octanol–water partition coefficient (Wildman–Crippen LogP) is 0.856. The second kappa shape index (κ2) is 12.0. The van der Waals surface area contributed by atoms with Gasteiger partial charge in [0, 0.05) is 6.54 Å². The number of aliphatic hydroxyl groups excluding tert-OH is 1. The van der Waals surface area contributed by atoms with Crippen molar-refractivity contribution in [1.82, 2.24) is 10.6 Å². The SMILES string of the molecule is NCCCC[C@H](N)C(=O)NCC(CC1(C(=O)NC2(CO)Cc3ccccc3C2)CCCC1)C(=O)O. The summed E-state index contributed by atoms with van der Waals surface area (Å²) in [5.74, 6) is -2.55. The molecule has 2 aliphatic carbocycles. The van der Waals surface area contributed by atoms with Gasteiger partial charge in [-0.05, 0) is 62.6 Å². The Bertz CT molecular complexity index is 874. The highest BCUT2D eigenvalue weighted by Gasteiger charge is 2.48. The van der Waals surface area contributed by atoms with E-state index in [1.807, 2.05) is 24.3 Å². The quantitative estimate of drug-likeness (QED) is 0.224. The third-order valence-electron chi connectivity index (χ3n) is 7.71. The van der Waals surface area contributed by atoms with Crippen LogP contribution in [-0.2, 0) is 27.2 Å². The van der Waals surface area contributed by atoms with Crippen molar-refractivity contribution in [2.45, 2.75) is 75.8 Å². The van der Waals surface area contributed by atoms with E-state index in [1.165, 1.54) is 0 Å². The Balaban J connectivity index is 1.66. The van der Waals surface area contributed by atoms with Crippen LogP contribution in [-0.4, -0.2) is 59.3 Å². The minimum atomic E-state index is -1.05. The van der Waals surface area contributed by atoms with Crippen LogP contribution in [0.25, 0.3) is 0 Å². The smallest absolute Gasteiger partial charge is 0.308 e. The van der Waals surface area contributed by atoms with Crippen molar-refractivity contribution in [1.29, 1.82) is 0 Å². The van der Waals surface area contributed by atoms with Crippen LogP contribution >= 0.6 is 0 Å². The van der Waals surface area contributed by atoms with Crippen LogP contribution in [0.3, 0.4) is 0 Å². The molecule has 0 aliphatic heterocycles. The Morgan fingerprint density at radius 1 is 1.06 bits per heavy atom. The van der Waals surface area contributed by atoms with Gasteiger partial charge in [-0.3, -0.25) is 14.4 Å². The van der Waals surface area contributed by atoms with E-state index < -0.39 is 28.9 Å². The van der Waals surface area contributed by atoms with Gasteiger partial charge in [-0.15, -0.1) is 0 Å². The number of nitrogens with two attached hydrogens (primary N) is 2. The van der Waals surface area contributed by atoms with E-state index in [0.29, 0.717) is 38.6 Å². The lowest BCUT2D eigenvalue weighted by molar-refractivity contribution is -0.144. The molecular weight excluding hydrogens is 448 g/mol. The fraction of sp³-hybridized carbons (Fsp3) is 0.654. The van der Waals surface area contributed by atoms with Gasteiger partial charge in [0.1, 0.15) is 0 Å². The highest BCUT2D eigenvalue weighted by molar-refractivity contribution is 5.85. The number of nitrogens with one attached hydrogen (secondary N) is 2. The van der Waals surface area contributed by atoms with Crippen LogP contribution in [0.5, 0.6) is 0 Å². The van der Waals surface area contributed by atoms with Crippen molar-refractivity contribution in [3.8, 4) is 0 Å². The van der Waals surface area contributed by atoms with Crippen molar-refractivity contribution in [3.63, 3.8) is 0 Å². The van der Waals surface area contributed by atoms with E-state index in [9.17, 15) is 24.6 Å². The molecule has 0 bridgehead atoms. The van der Waals surface area contributed by atoms with Gasteiger partial charge < -0.3 is 32.3 Å². The fourth-order valence-electron chi connectivity index (χ4n) is 5.60. The predicted molar refractivity (Wildman–Crippen MR) is 132 cm³/mol. The number of amides is 2. The average Bonchev–Trinajstić information content (AvgIpc) is 3.47. The van der Waals surface area contributed by atoms with Crippen molar-refractivity contribution >= 4 is 17.8 Å². The van der Waals surface area contributed by atoms with E-state index >= 15 is 0 Å². The summed E-state index contributed by atoms with van der Waals surface area (Å²) in [6, 6.07) is 7.20. The number of aliphatic carboxylic acids is 1. The zero-order valence-electron chi connectivity index (χ0n) is 20.4. The maximum atomic E-state index is 13.7. The lowest BCUT2D eigenvalue weighted by atomic mass is 9.76. The number of rotatable bonds is 13. The van der Waals surface area contributed by atoms with Crippen LogP contribution < -0.4 is 22.1 Å². The third-order valence-corrected chi connectivity index (χ3v) is 7.71. The Labute approximate surface area is 207 Å². The Morgan fingerprint density at radius 3 is 2.23 bits per heavy atom. The van der Waals surface area contributed by atoms with Gasteiger partial charge in [0.15, 0.2) is 0 Å². The molecule has 8 N–H and O–H groups in total. The number of hydrogen-bond acceptors (Lipinski definition) is 6. The lowest BCUT2D eigenvalue weighted by Crippen LogP contribution is -2.57. The summed E-state index contributed by atoms with van der Waals surface area (Å²) in [6.45, 7) is 0.261. The summed E-state index contributed by atoms with van der Waals surface area (Å²) in [5, 5.41) is 25.9. The number of hydrogen-bond donors (Lipinski definition) is 6. The summed E-state index contributed by atoms with van der Waals surface area (Å²) in [5.41, 5.74) is 12.0. The standard InChI is InChI=1S/C26H40N4O5/c27-12-6-3-9-21(28)22(32)29-16-20(23(33)34)13-25(10-4-5-11-25)24(35)30-26(17-31)14-18-7-1-2-8-19(18)15-26/h1-2,7-8,20-21,31H,3-6,9-17,27-28H2,(H,29,32)(H,30,35)(H,33,34)/t20?,21-/m0/s1. The second-order valence-corrected chi connectivity index (χ2v) is 10.4. The zero-order chi connectivity index (χ0) is 25.5. The number of carbonyl (C=O) groups excluding carboxylic acids is 2. The molecule has 1 saturated carbocycles. The normalized spacial score (nSPS) is 19.5.